The Hall–Kier alpha value is -1.51. The van der Waals surface area contributed by atoms with Gasteiger partial charge in [-0.1, -0.05) is 25.0 Å². The fourth-order valence-electron chi connectivity index (χ4n) is 2.15. The largest absolute Gasteiger partial charge is 0.508 e. The first-order valence-corrected chi connectivity index (χ1v) is 5.81. The first-order chi connectivity index (χ1) is 7.74. The van der Waals surface area contributed by atoms with Gasteiger partial charge < -0.3 is 10.4 Å². The number of carbonyl (C=O) groups is 1. The Morgan fingerprint density at radius 1 is 1.25 bits per heavy atom. The Labute approximate surface area is 95.5 Å². The standard InChI is InChI=1S/C13H17NO2/c15-12-7-5-10(6-8-12)9-13(16)14-11-3-1-2-4-11/h5-8,11,15H,1-4,9H2,(H,14,16). The van der Waals surface area contributed by atoms with Crippen molar-refractivity contribution in [3.63, 3.8) is 0 Å². The SMILES string of the molecule is O=C(Cc1ccc(O)cc1)NC1CCCC1. The maximum Gasteiger partial charge on any atom is 0.224 e. The van der Waals surface area contributed by atoms with E-state index in [2.05, 4.69) is 5.32 Å². The molecule has 0 aromatic heterocycles. The zero-order valence-corrected chi connectivity index (χ0v) is 9.28. The Balaban J connectivity index is 1.84. The van der Waals surface area contributed by atoms with Crippen LogP contribution in [0.5, 0.6) is 5.75 Å². The van der Waals surface area contributed by atoms with Gasteiger partial charge in [-0.3, -0.25) is 4.79 Å². The quantitative estimate of drug-likeness (QED) is 0.816. The van der Waals surface area contributed by atoms with Crippen molar-refractivity contribution in [2.75, 3.05) is 0 Å². The van der Waals surface area contributed by atoms with Crippen LogP contribution in [-0.2, 0) is 11.2 Å². The van der Waals surface area contributed by atoms with Crippen molar-refractivity contribution in [2.45, 2.75) is 38.1 Å². The number of aromatic hydroxyl groups is 1. The molecule has 2 rings (SSSR count). The van der Waals surface area contributed by atoms with Crippen molar-refractivity contribution < 1.29 is 9.90 Å². The van der Waals surface area contributed by atoms with E-state index in [9.17, 15) is 4.79 Å². The summed E-state index contributed by atoms with van der Waals surface area (Å²) in [6.45, 7) is 0. The van der Waals surface area contributed by atoms with Crippen molar-refractivity contribution in [3.8, 4) is 5.75 Å². The van der Waals surface area contributed by atoms with E-state index in [1.807, 2.05) is 0 Å². The topological polar surface area (TPSA) is 49.3 Å². The molecular weight excluding hydrogens is 202 g/mol. The molecule has 0 heterocycles. The predicted octanol–water partition coefficient (Wildman–Crippen LogP) is 1.99. The number of phenols is 1. The molecule has 0 radical (unpaired) electrons. The molecule has 0 unspecified atom stereocenters. The highest BCUT2D eigenvalue weighted by Crippen LogP contribution is 2.17. The minimum atomic E-state index is 0.0811. The van der Waals surface area contributed by atoms with Crippen molar-refractivity contribution in [3.05, 3.63) is 29.8 Å². The van der Waals surface area contributed by atoms with E-state index in [-0.39, 0.29) is 11.7 Å². The van der Waals surface area contributed by atoms with E-state index in [1.165, 1.54) is 12.8 Å². The third-order valence-electron chi connectivity index (χ3n) is 3.02. The molecule has 86 valence electrons. The first-order valence-electron chi connectivity index (χ1n) is 5.81. The number of nitrogens with one attached hydrogen (secondary N) is 1. The molecule has 0 saturated heterocycles. The maximum absolute atomic E-state index is 11.7. The Kier molecular flexibility index (Phi) is 3.44. The van der Waals surface area contributed by atoms with Crippen LogP contribution in [0, 0.1) is 0 Å². The molecule has 3 heteroatoms. The van der Waals surface area contributed by atoms with Crippen molar-refractivity contribution in [1.29, 1.82) is 0 Å². The van der Waals surface area contributed by atoms with Gasteiger partial charge in [-0.05, 0) is 30.5 Å². The molecule has 0 bridgehead atoms. The van der Waals surface area contributed by atoms with Crippen molar-refractivity contribution in [2.24, 2.45) is 0 Å². The minimum Gasteiger partial charge on any atom is -0.508 e. The van der Waals surface area contributed by atoms with E-state index in [0.29, 0.717) is 12.5 Å². The first kappa shape index (κ1) is 11.0. The van der Waals surface area contributed by atoms with E-state index in [0.717, 1.165) is 18.4 Å². The van der Waals surface area contributed by atoms with Crippen LogP contribution in [0.25, 0.3) is 0 Å². The summed E-state index contributed by atoms with van der Waals surface area (Å²) < 4.78 is 0. The zero-order chi connectivity index (χ0) is 11.4. The Morgan fingerprint density at radius 3 is 2.50 bits per heavy atom. The van der Waals surface area contributed by atoms with Crippen LogP contribution in [0.1, 0.15) is 31.2 Å². The van der Waals surface area contributed by atoms with Crippen molar-refractivity contribution >= 4 is 5.91 Å². The van der Waals surface area contributed by atoms with E-state index < -0.39 is 0 Å². The van der Waals surface area contributed by atoms with Gasteiger partial charge in [0.1, 0.15) is 5.75 Å². The average Bonchev–Trinajstić information content (AvgIpc) is 2.74. The van der Waals surface area contributed by atoms with Gasteiger partial charge in [0, 0.05) is 6.04 Å². The molecule has 0 atom stereocenters. The lowest BCUT2D eigenvalue weighted by molar-refractivity contribution is -0.121. The molecule has 1 aliphatic rings. The summed E-state index contributed by atoms with van der Waals surface area (Å²) in [6.07, 6.45) is 5.08. The summed E-state index contributed by atoms with van der Waals surface area (Å²) in [4.78, 5) is 11.7. The molecule has 1 aromatic carbocycles. The fourth-order valence-corrected chi connectivity index (χ4v) is 2.15. The van der Waals surface area contributed by atoms with Gasteiger partial charge in [0.05, 0.1) is 6.42 Å². The van der Waals surface area contributed by atoms with Gasteiger partial charge >= 0.3 is 0 Å². The molecule has 16 heavy (non-hydrogen) atoms. The number of amides is 1. The third-order valence-corrected chi connectivity index (χ3v) is 3.02. The summed E-state index contributed by atoms with van der Waals surface area (Å²) in [6, 6.07) is 7.16. The molecule has 1 aliphatic carbocycles. The highest BCUT2D eigenvalue weighted by Gasteiger charge is 2.16. The number of carbonyl (C=O) groups excluding carboxylic acids is 1. The molecule has 0 spiro atoms. The van der Waals surface area contributed by atoms with Crippen LogP contribution in [0.15, 0.2) is 24.3 Å². The van der Waals surface area contributed by atoms with Gasteiger partial charge in [-0.15, -0.1) is 0 Å². The second kappa shape index (κ2) is 5.01. The van der Waals surface area contributed by atoms with E-state index in [4.69, 9.17) is 5.11 Å². The molecular formula is C13H17NO2. The lowest BCUT2D eigenvalue weighted by Crippen LogP contribution is -2.33. The third kappa shape index (κ3) is 2.99. The Morgan fingerprint density at radius 2 is 1.88 bits per heavy atom. The molecule has 1 fully saturated rings. The second-order valence-corrected chi connectivity index (χ2v) is 4.39. The summed E-state index contributed by atoms with van der Waals surface area (Å²) in [5.41, 5.74) is 0.938. The number of hydrogen-bond donors (Lipinski definition) is 2. The summed E-state index contributed by atoms with van der Waals surface area (Å²) in [5.74, 6) is 0.317. The second-order valence-electron chi connectivity index (χ2n) is 4.39. The highest BCUT2D eigenvalue weighted by atomic mass is 16.3. The lowest BCUT2D eigenvalue weighted by atomic mass is 10.1. The average molecular weight is 219 g/mol. The minimum absolute atomic E-state index is 0.0811. The van der Waals surface area contributed by atoms with Gasteiger partial charge in [0.25, 0.3) is 0 Å². The molecule has 2 N–H and O–H groups in total. The van der Waals surface area contributed by atoms with Crippen LogP contribution in [0.3, 0.4) is 0 Å². The van der Waals surface area contributed by atoms with Gasteiger partial charge in [-0.2, -0.15) is 0 Å². The smallest absolute Gasteiger partial charge is 0.224 e. The van der Waals surface area contributed by atoms with E-state index >= 15 is 0 Å². The fraction of sp³-hybridized carbons (Fsp3) is 0.462. The Bertz CT molecular complexity index is 353. The summed E-state index contributed by atoms with van der Waals surface area (Å²) >= 11 is 0. The van der Waals surface area contributed by atoms with Crippen LogP contribution in [0.2, 0.25) is 0 Å². The van der Waals surface area contributed by atoms with Crippen LogP contribution >= 0.6 is 0 Å². The summed E-state index contributed by atoms with van der Waals surface area (Å²) in [5, 5.41) is 12.2. The molecule has 3 nitrogen and oxygen atoms in total. The van der Waals surface area contributed by atoms with Crippen LogP contribution in [0.4, 0.5) is 0 Å². The number of phenolic OH excluding ortho intramolecular Hbond substituents is 1. The molecule has 1 amide bonds. The number of hydrogen-bond acceptors (Lipinski definition) is 2. The van der Waals surface area contributed by atoms with Gasteiger partial charge in [0.15, 0.2) is 0 Å². The number of benzene rings is 1. The zero-order valence-electron chi connectivity index (χ0n) is 9.28. The van der Waals surface area contributed by atoms with Gasteiger partial charge in [-0.25, -0.2) is 0 Å². The summed E-state index contributed by atoms with van der Waals surface area (Å²) in [7, 11) is 0. The van der Waals surface area contributed by atoms with Crippen LogP contribution in [-0.4, -0.2) is 17.1 Å². The number of rotatable bonds is 3. The van der Waals surface area contributed by atoms with Gasteiger partial charge in [0.2, 0.25) is 5.91 Å². The molecule has 1 saturated carbocycles. The van der Waals surface area contributed by atoms with Crippen LogP contribution < -0.4 is 5.32 Å². The molecule has 0 aliphatic heterocycles. The van der Waals surface area contributed by atoms with Crippen molar-refractivity contribution in [1.82, 2.24) is 5.32 Å². The lowest BCUT2D eigenvalue weighted by Gasteiger charge is -2.11. The monoisotopic (exact) mass is 219 g/mol. The maximum atomic E-state index is 11.7. The highest BCUT2D eigenvalue weighted by molar-refractivity contribution is 5.78. The normalized spacial score (nSPS) is 16.2. The molecule has 1 aromatic rings. The van der Waals surface area contributed by atoms with E-state index in [1.54, 1.807) is 24.3 Å². The predicted molar refractivity (Wildman–Crippen MR) is 62.2 cm³/mol.